The van der Waals surface area contributed by atoms with Crippen LogP contribution in [0.3, 0.4) is 0 Å². The third kappa shape index (κ3) is 10.1. The second kappa shape index (κ2) is 22.2. The van der Waals surface area contributed by atoms with Crippen LogP contribution >= 0.6 is 0 Å². The number of fused-ring (bicyclic) bond motifs is 5. The average molecular weight is 1100 g/mol. The van der Waals surface area contributed by atoms with Crippen molar-refractivity contribution in [2.45, 2.75) is 260 Å². The molecule has 4 aliphatic heterocycles. The van der Waals surface area contributed by atoms with Crippen molar-refractivity contribution >= 4 is 0 Å². The van der Waals surface area contributed by atoms with Gasteiger partial charge in [-0.05, 0) is 113 Å². The van der Waals surface area contributed by atoms with Crippen molar-refractivity contribution in [1.29, 1.82) is 0 Å². The number of hydrogen-bond acceptors (Lipinski definition) is 23. The van der Waals surface area contributed by atoms with Gasteiger partial charge in [0.1, 0.15) is 85.5 Å². The molecule has 4 aliphatic carbocycles. The highest BCUT2D eigenvalue weighted by molar-refractivity contribution is 5.26. The van der Waals surface area contributed by atoms with Gasteiger partial charge in [-0.1, -0.05) is 46.3 Å². The van der Waals surface area contributed by atoms with E-state index in [1.54, 1.807) is 6.92 Å². The first-order valence-corrected chi connectivity index (χ1v) is 27.3. The molecular formula is C53H90O23. The van der Waals surface area contributed by atoms with Crippen LogP contribution in [0.1, 0.15) is 114 Å². The van der Waals surface area contributed by atoms with Crippen LogP contribution in [0.4, 0.5) is 0 Å². The maximum absolute atomic E-state index is 14.0. The zero-order valence-corrected chi connectivity index (χ0v) is 45.3. The summed E-state index contributed by atoms with van der Waals surface area (Å²) in [6.45, 7) is 15.5. The fraction of sp³-hybridized carbons (Fsp3) is 0.962. The molecule has 4 heterocycles. The third-order valence-electron chi connectivity index (χ3n) is 20.5. The monoisotopic (exact) mass is 1090 g/mol. The first-order valence-electron chi connectivity index (χ1n) is 27.3. The fourth-order valence-corrected chi connectivity index (χ4v) is 16.0. The zero-order chi connectivity index (χ0) is 56.2. The van der Waals surface area contributed by atoms with Crippen LogP contribution in [-0.2, 0) is 37.9 Å². The lowest BCUT2D eigenvalue weighted by Crippen LogP contribution is -2.73. The molecule has 4 saturated heterocycles. The summed E-state index contributed by atoms with van der Waals surface area (Å²) in [4.78, 5) is 0. The third-order valence-corrected chi connectivity index (χ3v) is 20.5. The second-order valence-electron chi connectivity index (χ2n) is 25.6. The van der Waals surface area contributed by atoms with Gasteiger partial charge in [0, 0.05) is 5.92 Å². The molecule has 76 heavy (non-hydrogen) atoms. The highest BCUT2D eigenvalue weighted by atomic mass is 16.8. The van der Waals surface area contributed by atoms with Gasteiger partial charge in [0.2, 0.25) is 0 Å². The highest BCUT2D eigenvalue weighted by Crippen LogP contribution is 2.77. The number of ether oxygens (including phenoxy) is 8. The van der Waals surface area contributed by atoms with Crippen LogP contribution in [0.2, 0.25) is 0 Å². The molecule has 15 N–H and O–H groups in total. The van der Waals surface area contributed by atoms with Gasteiger partial charge in [-0.3, -0.25) is 0 Å². The molecule has 30 atom stereocenters. The van der Waals surface area contributed by atoms with E-state index in [1.807, 2.05) is 40.7 Å². The van der Waals surface area contributed by atoms with E-state index in [0.717, 1.165) is 5.57 Å². The first-order chi connectivity index (χ1) is 35.3. The summed E-state index contributed by atoms with van der Waals surface area (Å²) in [5.74, 6) is -1.53. The van der Waals surface area contributed by atoms with Gasteiger partial charge in [-0.25, -0.2) is 0 Å². The van der Waals surface area contributed by atoms with E-state index in [0.29, 0.717) is 32.1 Å². The predicted octanol–water partition coefficient (Wildman–Crippen LogP) is -2.45. The quantitative estimate of drug-likeness (QED) is 0.0634. The number of rotatable bonds is 14. The maximum atomic E-state index is 14.0. The molecule has 0 aromatic carbocycles. The molecule has 23 heteroatoms. The number of hydrogen-bond donors (Lipinski definition) is 15. The van der Waals surface area contributed by atoms with Crippen molar-refractivity contribution in [3.63, 3.8) is 0 Å². The van der Waals surface area contributed by atoms with Crippen LogP contribution in [0.5, 0.6) is 0 Å². The van der Waals surface area contributed by atoms with Crippen LogP contribution < -0.4 is 0 Å². The molecule has 0 radical (unpaired) electrons. The molecule has 0 aromatic rings. The van der Waals surface area contributed by atoms with Crippen molar-refractivity contribution in [3.05, 3.63) is 11.6 Å². The predicted molar refractivity (Wildman–Crippen MR) is 262 cm³/mol. The van der Waals surface area contributed by atoms with Gasteiger partial charge >= 0.3 is 0 Å². The Hall–Kier alpha value is -1.18. The molecule has 0 bridgehead atoms. The minimum absolute atomic E-state index is 0.0508. The Bertz CT molecular complexity index is 2010. The Kier molecular flexibility index (Phi) is 17.8. The topological polar surface area (TPSA) is 377 Å². The molecule has 8 fully saturated rings. The van der Waals surface area contributed by atoms with Gasteiger partial charge in [0.25, 0.3) is 0 Å². The minimum Gasteiger partial charge on any atom is -0.394 e. The van der Waals surface area contributed by atoms with Gasteiger partial charge in [0.05, 0.1) is 55.4 Å². The molecule has 0 spiro atoms. The minimum atomic E-state index is -1.99. The molecule has 0 amide bonds. The normalized spacial score (nSPS) is 54.2. The van der Waals surface area contributed by atoms with E-state index in [2.05, 4.69) is 13.8 Å². The SMILES string of the molecule is CC(C)=CCC[C@](C)(O[C@@H]1O[C@H](CO[C@@H]2O[C@@H](C)[C@H](O)[C@@H](O)[C@H]2O)[C@@H](O)[C@H](O)[C@H]1O[C@@H]1O[C@H](CO)[C@@H](O)[C@H](O)[C@H]1O)[C@@]1(O)CC[C@]2(C)[C@@H]1[C@H](O)C[C@@H]1[C@@]3(C)CC[C@H](O)C(C)(C)[C@@H]3[C@@H](O[C@@H]3OC[C@@H](O)[C@H](O)[C@H]3O)C[C@]12C. The Morgan fingerprint density at radius 3 is 1.92 bits per heavy atom. The number of allylic oxidation sites excluding steroid dienone is 2. The highest BCUT2D eigenvalue weighted by Gasteiger charge is 2.77. The summed E-state index contributed by atoms with van der Waals surface area (Å²) in [5.41, 5.74) is -5.80. The number of aliphatic hydroxyl groups excluding tert-OH is 14. The average Bonchev–Trinajstić information content (AvgIpc) is 3.84. The maximum Gasteiger partial charge on any atom is 0.187 e. The van der Waals surface area contributed by atoms with E-state index < -0.39 is 187 Å². The Labute approximate surface area is 444 Å². The molecule has 4 saturated carbocycles. The van der Waals surface area contributed by atoms with E-state index in [-0.39, 0.29) is 37.7 Å². The second-order valence-corrected chi connectivity index (χ2v) is 25.6. The Morgan fingerprint density at radius 2 is 1.26 bits per heavy atom. The largest absolute Gasteiger partial charge is 0.394 e. The summed E-state index contributed by atoms with van der Waals surface area (Å²) in [7, 11) is 0. The van der Waals surface area contributed by atoms with E-state index in [4.69, 9.17) is 37.9 Å². The summed E-state index contributed by atoms with van der Waals surface area (Å²) in [6, 6.07) is 0. The van der Waals surface area contributed by atoms with E-state index in [9.17, 15) is 76.6 Å². The molecule has 8 aliphatic rings. The van der Waals surface area contributed by atoms with Crippen molar-refractivity contribution in [3.8, 4) is 0 Å². The van der Waals surface area contributed by atoms with Gasteiger partial charge < -0.3 is 114 Å². The molecule has 440 valence electrons. The smallest absolute Gasteiger partial charge is 0.187 e. The van der Waals surface area contributed by atoms with Crippen LogP contribution in [0.15, 0.2) is 11.6 Å². The van der Waals surface area contributed by atoms with Crippen molar-refractivity contribution in [2.75, 3.05) is 19.8 Å². The zero-order valence-electron chi connectivity index (χ0n) is 45.3. The van der Waals surface area contributed by atoms with Gasteiger partial charge in [-0.15, -0.1) is 0 Å². The van der Waals surface area contributed by atoms with Crippen molar-refractivity contribution in [1.82, 2.24) is 0 Å². The lowest BCUT2D eigenvalue weighted by atomic mass is 9.34. The van der Waals surface area contributed by atoms with Crippen molar-refractivity contribution < 1.29 is 114 Å². The lowest BCUT2D eigenvalue weighted by molar-refractivity contribution is -0.394. The van der Waals surface area contributed by atoms with E-state index >= 15 is 0 Å². The van der Waals surface area contributed by atoms with Crippen molar-refractivity contribution in [2.24, 2.45) is 39.4 Å². The Morgan fingerprint density at radius 1 is 0.645 bits per heavy atom. The molecule has 0 unspecified atom stereocenters. The summed E-state index contributed by atoms with van der Waals surface area (Å²) in [5, 5.41) is 169. The molecule has 0 aromatic heterocycles. The van der Waals surface area contributed by atoms with Crippen LogP contribution in [0.25, 0.3) is 0 Å². The fourth-order valence-electron chi connectivity index (χ4n) is 16.0. The van der Waals surface area contributed by atoms with Crippen LogP contribution in [-0.4, -0.2) is 243 Å². The Balaban J connectivity index is 1.17. The van der Waals surface area contributed by atoms with Gasteiger partial charge in [-0.2, -0.15) is 0 Å². The molecule has 23 nitrogen and oxygen atoms in total. The van der Waals surface area contributed by atoms with Gasteiger partial charge in [0.15, 0.2) is 25.2 Å². The summed E-state index contributed by atoms with van der Waals surface area (Å²) in [6.07, 6.45) is -29.6. The lowest BCUT2D eigenvalue weighted by Gasteiger charge is -2.72. The first kappa shape index (κ1) is 60.9. The molecular weight excluding hydrogens is 1000 g/mol. The summed E-state index contributed by atoms with van der Waals surface area (Å²) < 4.78 is 49.6. The summed E-state index contributed by atoms with van der Waals surface area (Å²) >= 11 is 0. The molecule has 8 rings (SSSR count). The number of aliphatic hydroxyl groups is 15. The standard InChI is InChI=1S/C53H90O23/c1-22(2)11-10-13-52(9,76-47-41(75-46-40(67)36(63)33(60)27(19-54)73-46)37(64)34(61)28(74-47)21-70-44-39(66)35(62)31(58)23(3)71-44)53(68)16-15-50(7)42(53)24(55)17-29-49(6)14-12-30(57)48(4,5)43(49)26(18-51(29,50)8)72-45-38(65)32(59)25(56)20-69-45/h11,23-47,54-68H,10,12-21H2,1-9H3/t23-,24+,25+,26-,27+,28+,29+,30-,31-,32-,33+,34+,35+,36-,37-,38+,39+,40+,41+,42-,43-,44+,45-,46-,47-,49+,50+,51+,52-,53+/m0/s1. The van der Waals surface area contributed by atoms with Crippen LogP contribution in [0, 0.1) is 39.4 Å². The van der Waals surface area contributed by atoms with E-state index in [1.165, 1.54) is 6.92 Å².